The number of benzene rings is 1. The Morgan fingerprint density at radius 2 is 1.26 bits per heavy atom. The lowest BCUT2D eigenvalue weighted by Crippen LogP contribution is -2.38. The molecule has 5 heteroatoms. The van der Waals surface area contributed by atoms with Gasteiger partial charge in [0.2, 0.25) is 0 Å². The van der Waals surface area contributed by atoms with Crippen molar-refractivity contribution in [2.45, 2.75) is 89.1 Å². The van der Waals surface area contributed by atoms with Crippen LogP contribution in [-0.4, -0.2) is 18.5 Å². The third-order valence-electron chi connectivity index (χ3n) is 6.85. The summed E-state index contributed by atoms with van der Waals surface area (Å²) in [5.74, 6) is -2.47. The summed E-state index contributed by atoms with van der Waals surface area (Å²) >= 11 is 0. The summed E-state index contributed by atoms with van der Waals surface area (Å²) in [6, 6.07) is 2.32. The van der Waals surface area contributed by atoms with E-state index in [0.29, 0.717) is 17.4 Å². The number of ether oxygens (including phenoxy) is 2. The molecular weight excluding hydrogens is 353 g/mol. The average molecular weight is 382 g/mol. The molecule has 2 saturated carbocycles. The van der Waals surface area contributed by atoms with Gasteiger partial charge in [-0.05, 0) is 80.9 Å². The van der Waals surface area contributed by atoms with Crippen LogP contribution in [0.3, 0.4) is 0 Å². The van der Waals surface area contributed by atoms with E-state index in [-0.39, 0.29) is 24.4 Å². The van der Waals surface area contributed by atoms with Crippen LogP contribution >= 0.6 is 0 Å². The number of halogens is 3. The minimum Gasteiger partial charge on any atom is -0.347 e. The standard InChI is InChI=1S/C22H29F3O2/c1-13-26-21(15-5-3-2-4-6-15)22(27-13)16-9-7-14(8-10-16)17-11-18(23)20(25)19(24)12-17/h11-16,21-22H,2-10H2,1H3. The lowest BCUT2D eigenvalue weighted by Gasteiger charge is -2.36. The van der Waals surface area contributed by atoms with Crippen molar-refractivity contribution in [3.05, 3.63) is 35.1 Å². The number of hydrogen-bond acceptors (Lipinski definition) is 2. The van der Waals surface area contributed by atoms with Gasteiger partial charge < -0.3 is 9.47 Å². The highest BCUT2D eigenvalue weighted by Gasteiger charge is 2.44. The molecule has 2 aliphatic carbocycles. The Labute approximate surface area is 159 Å². The van der Waals surface area contributed by atoms with Crippen molar-refractivity contribution in [1.82, 2.24) is 0 Å². The molecule has 1 aromatic rings. The van der Waals surface area contributed by atoms with E-state index >= 15 is 0 Å². The number of rotatable bonds is 3. The highest BCUT2D eigenvalue weighted by atomic mass is 19.2. The van der Waals surface area contributed by atoms with Gasteiger partial charge in [-0.25, -0.2) is 13.2 Å². The quantitative estimate of drug-likeness (QED) is 0.589. The molecular formula is C22H29F3O2. The van der Waals surface area contributed by atoms with E-state index in [1.807, 2.05) is 6.92 Å². The molecule has 3 unspecified atom stereocenters. The molecule has 27 heavy (non-hydrogen) atoms. The van der Waals surface area contributed by atoms with Gasteiger partial charge in [-0.15, -0.1) is 0 Å². The zero-order valence-corrected chi connectivity index (χ0v) is 15.9. The molecule has 1 aliphatic heterocycles. The first-order valence-electron chi connectivity index (χ1n) is 10.5. The van der Waals surface area contributed by atoms with Crippen molar-refractivity contribution >= 4 is 0 Å². The van der Waals surface area contributed by atoms with Crippen LogP contribution in [0.25, 0.3) is 0 Å². The highest BCUT2D eigenvalue weighted by molar-refractivity contribution is 5.23. The summed E-state index contributed by atoms with van der Waals surface area (Å²) in [6.07, 6.45) is 10.1. The second-order valence-electron chi connectivity index (χ2n) is 8.58. The Bertz CT molecular complexity index is 628. The van der Waals surface area contributed by atoms with Crippen LogP contribution in [0, 0.1) is 29.3 Å². The third-order valence-corrected chi connectivity index (χ3v) is 6.85. The van der Waals surface area contributed by atoms with E-state index in [1.54, 1.807) is 0 Å². The molecule has 2 nitrogen and oxygen atoms in total. The van der Waals surface area contributed by atoms with Crippen LogP contribution in [0.4, 0.5) is 13.2 Å². The van der Waals surface area contributed by atoms with Crippen molar-refractivity contribution in [1.29, 1.82) is 0 Å². The molecule has 0 N–H and O–H groups in total. The third kappa shape index (κ3) is 4.04. The van der Waals surface area contributed by atoms with E-state index in [9.17, 15) is 13.2 Å². The van der Waals surface area contributed by atoms with Crippen LogP contribution in [-0.2, 0) is 9.47 Å². The summed E-state index contributed by atoms with van der Waals surface area (Å²) < 4.78 is 52.7. The van der Waals surface area contributed by atoms with Crippen molar-refractivity contribution in [2.24, 2.45) is 11.8 Å². The normalized spacial score (nSPS) is 35.5. The van der Waals surface area contributed by atoms with Crippen molar-refractivity contribution < 1.29 is 22.6 Å². The minimum absolute atomic E-state index is 0.0822. The lowest BCUT2D eigenvalue weighted by atomic mass is 9.73. The second kappa shape index (κ2) is 8.12. The Balaban J connectivity index is 1.41. The molecule has 4 rings (SSSR count). The lowest BCUT2D eigenvalue weighted by molar-refractivity contribution is -0.0645. The van der Waals surface area contributed by atoms with Crippen molar-refractivity contribution in [3.63, 3.8) is 0 Å². The van der Waals surface area contributed by atoms with Gasteiger partial charge in [0.1, 0.15) is 0 Å². The maximum atomic E-state index is 13.6. The zero-order chi connectivity index (χ0) is 19.0. The molecule has 0 bridgehead atoms. The van der Waals surface area contributed by atoms with Gasteiger partial charge in [0, 0.05) is 0 Å². The predicted octanol–water partition coefficient (Wildman–Crippen LogP) is 6.09. The van der Waals surface area contributed by atoms with Gasteiger partial charge in [-0.3, -0.25) is 0 Å². The van der Waals surface area contributed by atoms with Crippen LogP contribution in [0.5, 0.6) is 0 Å². The fourth-order valence-electron chi connectivity index (χ4n) is 5.44. The average Bonchev–Trinajstić information content (AvgIpc) is 3.08. The summed E-state index contributed by atoms with van der Waals surface area (Å²) in [7, 11) is 0. The maximum absolute atomic E-state index is 13.6. The van der Waals surface area contributed by atoms with Gasteiger partial charge in [-0.2, -0.15) is 0 Å². The minimum atomic E-state index is -1.38. The van der Waals surface area contributed by atoms with Gasteiger partial charge >= 0.3 is 0 Å². The molecule has 3 atom stereocenters. The van der Waals surface area contributed by atoms with Crippen LogP contribution < -0.4 is 0 Å². The van der Waals surface area contributed by atoms with E-state index < -0.39 is 17.5 Å². The fourth-order valence-corrected chi connectivity index (χ4v) is 5.44. The first kappa shape index (κ1) is 19.3. The first-order valence-corrected chi connectivity index (χ1v) is 10.5. The Morgan fingerprint density at radius 3 is 1.81 bits per heavy atom. The topological polar surface area (TPSA) is 18.5 Å². The van der Waals surface area contributed by atoms with E-state index in [1.165, 1.54) is 32.1 Å². The molecule has 0 aromatic heterocycles. The molecule has 1 saturated heterocycles. The SMILES string of the molecule is CC1OC(C2CCCCC2)C(C2CCC(c3cc(F)c(F)c(F)c3)CC2)O1. The molecule has 3 fully saturated rings. The Morgan fingerprint density at radius 1 is 0.741 bits per heavy atom. The Hall–Kier alpha value is -1.07. The molecule has 0 amide bonds. The van der Waals surface area contributed by atoms with Crippen LogP contribution in [0.15, 0.2) is 12.1 Å². The fraction of sp³-hybridized carbons (Fsp3) is 0.727. The van der Waals surface area contributed by atoms with E-state index in [0.717, 1.165) is 37.8 Å². The van der Waals surface area contributed by atoms with Gasteiger partial charge in [0.25, 0.3) is 0 Å². The van der Waals surface area contributed by atoms with Gasteiger partial charge in [0.15, 0.2) is 23.7 Å². The van der Waals surface area contributed by atoms with Crippen LogP contribution in [0.1, 0.15) is 76.2 Å². The molecule has 150 valence electrons. The predicted molar refractivity (Wildman–Crippen MR) is 96.8 cm³/mol. The summed E-state index contributed by atoms with van der Waals surface area (Å²) in [5, 5.41) is 0. The summed E-state index contributed by atoms with van der Waals surface area (Å²) in [6.45, 7) is 1.98. The van der Waals surface area contributed by atoms with E-state index in [4.69, 9.17) is 9.47 Å². The molecule has 1 heterocycles. The van der Waals surface area contributed by atoms with E-state index in [2.05, 4.69) is 0 Å². The number of hydrogen-bond donors (Lipinski definition) is 0. The highest BCUT2D eigenvalue weighted by Crippen LogP contribution is 2.44. The smallest absolute Gasteiger partial charge is 0.194 e. The second-order valence-corrected chi connectivity index (χ2v) is 8.58. The monoisotopic (exact) mass is 382 g/mol. The van der Waals surface area contributed by atoms with Crippen molar-refractivity contribution in [2.75, 3.05) is 0 Å². The van der Waals surface area contributed by atoms with Crippen molar-refractivity contribution in [3.8, 4) is 0 Å². The molecule has 0 spiro atoms. The van der Waals surface area contributed by atoms with Gasteiger partial charge in [0.05, 0.1) is 12.2 Å². The largest absolute Gasteiger partial charge is 0.347 e. The van der Waals surface area contributed by atoms with Gasteiger partial charge in [-0.1, -0.05) is 19.3 Å². The molecule has 3 aliphatic rings. The maximum Gasteiger partial charge on any atom is 0.194 e. The summed E-state index contributed by atoms with van der Waals surface area (Å²) in [4.78, 5) is 0. The molecule has 1 aromatic carbocycles. The Kier molecular flexibility index (Phi) is 5.79. The van der Waals surface area contributed by atoms with Crippen LogP contribution in [0.2, 0.25) is 0 Å². The molecule has 0 radical (unpaired) electrons. The first-order chi connectivity index (χ1) is 13.0. The summed E-state index contributed by atoms with van der Waals surface area (Å²) in [5.41, 5.74) is 0.575. The zero-order valence-electron chi connectivity index (χ0n) is 15.9.